The number of aryl methyl sites for hydroxylation is 1. The Kier molecular flexibility index (Phi) is 3.17. The molecular weight excluding hydrogens is 271 g/mol. The summed E-state index contributed by atoms with van der Waals surface area (Å²) in [6, 6.07) is 10.2. The molecule has 0 aliphatic carbocycles. The molecule has 0 aliphatic rings. The van der Waals surface area contributed by atoms with Gasteiger partial charge in [-0.1, -0.05) is 29.8 Å². The summed E-state index contributed by atoms with van der Waals surface area (Å²) in [4.78, 5) is 18.4. The van der Waals surface area contributed by atoms with E-state index >= 15 is 0 Å². The second-order valence-corrected chi connectivity index (χ2v) is 5.00. The lowest BCUT2D eigenvalue weighted by Gasteiger charge is -1.99. The van der Waals surface area contributed by atoms with Crippen molar-refractivity contribution in [1.29, 1.82) is 0 Å². The molecule has 2 aromatic carbocycles. The maximum atomic E-state index is 13.4. The van der Waals surface area contributed by atoms with Crippen LogP contribution in [0.2, 0.25) is 0 Å². The Morgan fingerprint density at radius 3 is 2.86 bits per heavy atom. The van der Waals surface area contributed by atoms with E-state index in [-0.39, 0.29) is 11.1 Å². The lowest BCUT2D eigenvalue weighted by atomic mass is 10.1. The summed E-state index contributed by atoms with van der Waals surface area (Å²) in [5.41, 5.74) is 2.76. The third kappa shape index (κ3) is 2.63. The number of H-pyrrole nitrogens is 1. The minimum absolute atomic E-state index is 0.128. The molecule has 0 radical (unpaired) electrons. The summed E-state index contributed by atoms with van der Waals surface area (Å²) in [5, 5.41) is 9.12. The highest BCUT2D eigenvalue weighted by Gasteiger charge is 2.15. The fourth-order valence-corrected chi connectivity index (χ4v) is 2.40. The van der Waals surface area contributed by atoms with E-state index in [9.17, 15) is 9.18 Å². The van der Waals surface area contributed by atoms with Gasteiger partial charge in [-0.05, 0) is 24.6 Å². The lowest BCUT2D eigenvalue weighted by molar-refractivity contribution is 0.0698. The van der Waals surface area contributed by atoms with Crippen LogP contribution in [0.15, 0.2) is 36.4 Å². The molecule has 5 heteroatoms. The number of imidazole rings is 1. The van der Waals surface area contributed by atoms with Gasteiger partial charge in [0, 0.05) is 6.42 Å². The Bertz CT molecular complexity index is 839. The normalized spacial score (nSPS) is 11.0. The molecule has 0 bridgehead atoms. The Morgan fingerprint density at radius 2 is 2.14 bits per heavy atom. The molecule has 3 rings (SSSR count). The number of rotatable bonds is 3. The SMILES string of the molecule is Cc1cccc(Cc2nc3c(C(=O)O)cc(F)cc3[nH]2)c1. The van der Waals surface area contributed by atoms with Crippen LogP contribution < -0.4 is 0 Å². The van der Waals surface area contributed by atoms with Gasteiger partial charge in [-0.2, -0.15) is 0 Å². The number of aromatic nitrogens is 2. The molecule has 0 aliphatic heterocycles. The van der Waals surface area contributed by atoms with Gasteiger partial charge < -0.3 is 10.1 Å². The number of hydrogen-bond acceptors (Lipinski definition) is 2. The van der Waals surface area contributed by atoms with Gasteiger partial charge in [0.1, 0.15) is 17.2 Å². The van der Waals surface area contributed by atoms with Crippen LogP contribution in [0, 0.1) is 12.7 Å². The van der Waals surface area contributed by atoms with Crippen molar-refractivity contribution in [3.05, 3.63) is 64.7 Å². The van der Waals surface area contributed by atoms with Crippen molar-refractivity contribution < 1.29 is 14.3 Å². The first-order valence-corrected chi connectivity index (χ1v) is 6.50. The van der Waals surface area contributed by atoms with Crippen LogP contribution in [0.3, 0.4) is 0 Å². The molecule has 106 valence electrons. The number of hydrogen-bond donors (Lipinski definition) is 2. The zero-order valence-corrected chi connectivity index (χ0v) is 11.4. The molecular formula is C16H13FN2O2. The molecule has 0 atom stereocenters. The summed E-state index contributed by atoms with van der Waals surface area (Å²) in [7, 11) is 0. The maximum Gasteiger partial charge on any atom is 0.338 e. The quantitative estimate of drug-likeness (QED) is 0.775. The minimum atomic E-state index is -1.19. The van der Waals surface area contributed by atoms with E-state index in [1.807, 2.05) is 31.2 Å². The third-order valence-electron chi connectivity index (χ3n) is 3.28. The Labute approximate surface area is 120 Å². The first-order valence-electron chi connectivity index (χ1n) is 6.50. The number of carboxylic acids is 1. The lowest BCUT2D eigenvalue weighted by Crippen LogP contribution is -1.98. The molecule has 4 nitrogen and oxygen atoms in total. The van der Waals surface area contributed by atoms with Crippen molar-refractivity contribution in [2.45, 2.75) is 13.3 Å². The van der Waals surface area contributed by atoms with E-state index in [0.717, 1.165) is 17.2 Å². The molecule has 0 spiro atoms. The number of fused-ring (bicyclic) bond motifs is 1. The number of benzene rings is 2. The van der Waals surface area contributed by atoms with Crippen molar-refractivity contribution in [1.82, 2.24) is 9.97 Å². The van der Waals surface area contributed by atoms with Crippen LogP contribution in [0.4, 0.5) is 4.39 Å². The standard InChI is InChI=1S/C16H13FN2O2/c1-9-3-2-4-10(5-9)6-14-18-13-8-11(17)7-12(16(20)21)15(13)19-14/h2-5,7-8H,6H2,1H3,(H,18,19)(H,20,21). The fraction of sp³-hybridized carbons (Fsp3) is 0.125. The van der Waals surface area contributed by atoms with E-state index in [2.05, 4.69) is 9.97 Å². The Morgan fingerprint density at radius 1 is 1.33 bits per heavy atom. The van der Waals surface area contributed by atoms with Gasteiger partial charge in [0.05, 0.1) is 11.1 Å². The molecule has 0 amide bonds. The maximum absolute atomic E-state index is 13.4. The average molecular weight is 284 g/mol. The molecule has 3 aromatic rings. The van der Waals surface area contributed by atoms with Gasteiger partial charge in [-0.3, -0.25) is 0 Å². The summed E-state index contributed by atoms with van der Waals surface area (Å²) in [6.07, 6.45) is 0.539. The van der Waals surface area contributed by atoms with Gasteiger partial charge >= 0.3 is 5.97 Å². The third-order valence-corrected chi connectivity index (χ3v) is 3.28. The zero-order valence-electron chi connectivity index (χ0n) is 11.4. The van der Waals surface area contributed by atoms with Gasteiger partial charge in [0.2, 0.25) is 0 Å². The van der Waals surface area contributed by atoms with Crippen molar-refractivity contribution in [3.63, 3.8) is 0 Å². The highest BCUT2D eigenvalue weighted by molar-refractivity contribution is 6.00. The predicted molar refractivity (Wildman–Crippen MR) is 77.0 cm³/mol. The highest BCUT2D eigenvalue weighted by Crippen LogP contribution is 2.20. The summed E-state index contributed by atoms with van der Waals surface area (Å²) in [5.74, 6) is -1.16. The van der Waals surface area contributed by atoms with E-state index in [4.69, 9.17) is 5.11 Å². The number of nitrogens with zero attached hydrogens (tertiary/aromatic N) is 1. The van der Waals surface area contributed by atoms with E-state index in [1.165, 1.54) is 6.07 Å². The monoisotopic (exact) mass is 284 g/mol. The van der Waals surface area contributed by atoms with Crippen LogP contribution in [0.5, 0.6) is 0 Å². The second-order valence-electron chi connectivity index (χ2n) is 5.00. The van der Waals surface area contributed by atoms with Gasteiger partial charge in [-0.25, -0.2) is 14.2 Å². The summed E-state index contributed by atoms with van der Waals surface area (Å²) >= 11 is 0. The van der Waals surface area contributed by atoms with Crippen LogP contribution in [0.25, 0.3) is 11.0 Å². The van der Waals surface area contributed by atoms with Crippen molar-refractivity contribution >= 4 is 17.0 Å². The fourth-order valence-electron chi connectivity index (χ4n) is 2.40. The van der Waals surface area contributed by atoms with Gasteiger partial charge in [0.15, 0.2) is 0 Å². The summed E-state index contributed by atoms with van der Waals surface area (Å²) in [6.45, 7) is 2.00. The number of carbonyl (C=O) groups is 1. The molecule has 21 heavy (non-hydrogen) atoms. The van der Waals surface area contributed by atoms with Crippen molar-refractivity contribution in [2.75, 3.05) is 0 Å². The van der Waals surface area contributed by atoms with Gasteiger partial charge in [0.25, 0.3) is 0 Å². The molecule has 0 saturated carbocycles. The highest BCUT2D eigenvalue weighted by atomic mass is 19.1. The van der Waals surface area contributed by atoms with Crippen molar-refractivity contribution in [3.8, 4) is 0 Å². The number of aromatic amines is 1. The smallest absolute Gasteiger partial charge is 0.338 e. The largest absolute Gasteiger partial charge is 0.478 e. The molecule has 1 aromatic heterocycles. The number of carboxylic acid groups (broad SMARTS) is 1. The minimum Gasteiger partial charge on any atom is -0.478 e. The van der Waals surface area contributed by atoms with Gasteiger partial charge in [-0.15, -0.1) is 0 Å². The second kappa shape index (κ2) is 5.01. The van der Waals surface area contributed by atoms with Crippen LogP contribution in [0.1, 0.15) is 27.3 Å². The zero-order chi connectivity index (χ0) is 15.0. The molecule has 0 unspecified atom stereocenters. The Balaban J connectivity index is 2.05. The number of halogens is 1. The van der Waals surface area contributed by atoms with Crippen molar-refractivity contribution in [2.24, 2.45) is 0 Å². The molecule has 0 saturated heterocycles. The number of aromatic carboxylic acids is 1. The Hall–Kier alpha value is -2.69. The average Bonchev–Trinajstić information content (AvgIpc) is 2.79. The molecule has 2 N–H and O–H groups in total. The van der Waals surface area contributed by atoms with Crippen LogP contribution in [-0.4, -0.2) is 21.0 Å². The number of nitrogens with one attached hydrogen (secondary N) is 1. The first kappa shape index (κ1) is 13.3. The topological polar surface area (TPSA) is 66.0 Å². The van der Waals surface area contributed by atoms with Crippen LogP contribution in [-0.2, 0) is 6.42 Å². The van der Waals surface area contributed by atoms with E-state index in [0.29, 0.717) is 17.8 Å². The molecule has 0 fully saturated rings. The first-order chi connectivity index (χ1) is 10.0. The van der Waals surface area contributed by atoms with Crippen LogP contribution >= 0.6 is 0 Å². The van der Waals surface area contributed by atoms with E-state index < -0.39 is 11.8 Å². The van der Waals surface area contributed by atoms with E-state index in [1.54, 1.807) is 0 Å². The molecule has 1 heterocycles. The predicted octanol–water partition coefficient (Wildman–Crippen LogP) is 3.30. The summed E-state index contributed by atoms with van der Waals surface area (Å²) < 4.78 is 13.4.